The number of methoxy groups -OCH3 is 1. The van der Waals surface area contributed by atoms with Crippen molar-refractivity contribution in [2.75, 3.05) is 13.7 Å². The second-order valence-corrected chi connectivity index (χ2v) is 7.71. The van der Waals surface area contributed by atoms with Crippen LogP contribution >= 0.6 is 37.2 Å². The van der Waals surface area contributed by atoms with Crippen molar-refractivity contribution in [1.82, 2.24) is 25.5 Å². The maximum Gasteiger partial charge on any atom is 0.393 e. The fourth-order valence-electron chi connectivity index (χ4n) is 4.08. The van der Waals surface area contributed by atoms with E-state index in [1.165, 1.54) is 7.11 Å². The number of nitrogens with zero attached hydrogens (tertiary/aromatic N) is 2. The van der Waals surface area contributed by atoms with Crippen LogP contribution < -0.4 is 10.1 Å². The molecule has 0 atom stereocenters. The largest absolute Gasteiger partial charge is 0.494 e. The lowest BCUT2D eigenvalue weighted by atomic mass is 9.96. The van der Waals surface area contributed by atoms with Crippen molar-refractivity contribution in [3.63, 3.8) is 0 Å². The van der Waals surface area contributed by atoms with Crippen molar-refractivity contribution in [2.45, 2.75) is 25.6 Å². The Morgan fingerprint density at radius 2 is 1.86 bits per heavy atom. The molecule has 13 heteroatoms. The van der Waals surface area contributed by atoms with Gasteiger partial charge in [-0.1, -0.05) is 6.07 Å². The van der Waals surface area contributed by atoms with Crippen molar-refractivity contribution in [3.8, 4) is 28.4 Å². The normalized spacial score (nSPS) is 12.8. The molecule has 0 saturated heterocycles. The van der Waals surface area contributed by atoms with Gasteiger partial charge in [0.05, 0.1) is 30.4 Å². The molecule has 6 nitrogen and oxygen atoms in total. The van der Waals surface area contributed by atoms with Crippen molar-refractivity contribution in [3.05, 3.63) is 53.1 Å². The summed E-state index contributed by atoms with van der Waals surface area (Å²) in [5, 5.41) is 11.3. The number of hydrogen-bond donors (Lipinski definition) is 3. The highest BCUT2D eigenvalue weighted by atomic mass is 35.5. The smallest absolute Gasteiger partial charge is 0.393 e. The molecule has 4 aromatic rings. The number of aromatic amines is 2. The summed E-state index contributed by atoms with van der Waals surface area (Å²) in [6, 6.07) is 7.25. The minimum atomic E-state index is -4.45. The number of alkyl halides is 3. The summed E-state index contributed by atoms with van der Waals surface area (Å²) in [4.78, 5) is 7.93. The van der Waals surface area contributed by atoms with E-state index in [4.69, 9.17) is 4.74 Å². The summed E-state index contributed by atoms with van der Waals surface area (Å²) >= 11 is 0. The fraction of sp³-hybridized carbons (Fsp3) is 0.273. The molecule has 1 aliphatic rings. The molecule has 190 valence electrons. The van der Waals surface area contributed by atoms with E-state index in [-0.39, 0.29) is 54.1 Å². The molecule has 1 aliphatic heterocycles. The van der Waals surface area contributed by atoms with E-state index in [1.807, 2.05) is 0 Å². The molecule has 5 rings (SSSR count). The van der Waals surface area contributed by atoms with Crippen LogP contribution in [0.1, 0.15) is 17.0 Å². The van der Waals surface area contributed by atoms with E-state index in [0.29, 0.717) is 29.1 Å². The van der Waals surface area contributed by atoms with Crippen LogP contribution in [-0.4, -0.2) is 40.0 Å². The molecule has 0 aliphatic carbocycles. The van der Waals surface area contributed by atoms with Crippen LogP contribution in [0.3, 0.4) is 0 Å². The molecule has 2 aromatic carbocycles. The summed E-state index contributed by atoms with van der Waals surface area (Å²) in [5.74, 6) is -0.325. The number of H-pyrrole nitrogens is 2. The molecule has 0 bridgehead atoms. The lowest BCUT2D eigenvalue weighted by molar-refractivity contribution is -0.127. The van der Waals surface area contributed by atoms with E-state index in [9.17, 15) is 17.6 Å². The van der Waals surface area contributed by atoms with Crippen molar-refractivity contribution < 1.29 is 22.3 Å². The van der Waals surface area contributed by atoms with E-state index >= 15 is 0 Å². The monoisotopic (exact) mass is 553 g/mol. The third kappa shape index (κ3) is 5.66. The van der Waals surface area contributed by atoms with Crippen LogP contribution in [0.4, 0.5) is 17.6 Å². The average Bonchev–Trinajstić information content (AvgIpc) is 3.36. The van der Waals surface area contributed by atoms with Crippen molar-refractivity contribution in [2.24, 2.45) is 0 Å². The zero-order chi connectivity index (χ0) is 22.5. The molecule has 0 fully saturated rings. The first-order valence-electron chi connectivity index (χ1n) is 10.0. The van der Waals surface area contributed by atoms with Gasteiger partial charge in [-0.3, -0.25) is 5.10 Å². The van der Waals surface area contributed by atoms with Crippen LogP contribution in [0, 0.1) is 5.82 Å². The first kappa shape index (κ1) is 28.7. The first-order chi connectivity index (χ1) is 15.3. The second-order valence-electron chi connectivity index (χ2n) is 7.71. The highest BCUT2D eigenvalue weighted by molar-refractivity contribution is 5.94. The molecular formula is C22H22Cl3F4N5O. The highest BCUT2D eigenvalue weighted by Crippen LogP contribution is 2.36. The lowest BCUT2D eigenvalue weighted by Gasteiger charge is -2.14. The SMILES string of the molecule is COc1cc(CC(F)(F)F)c(-c2ccc3c(-c4nc5c([nH]4)CNCC5)n[nH]c3c2)cc1F.Cl.Cl.Cl. The molecule has 2 aromatic heterocycles. The van der Waals surface area contributed by atoms with E-state index in [2.05, 4.69) is 25.5 Å². The third-order valence-corrected chi connectivity index (χ3v) is 5.57. The Bertz CT molecular complexity index is 1300. The van der Waals surface area contributed by atoms with Crippen LogP contribution in [-0.2, 0) is 19.4 Å². The Kier molecular flexibility index (Phi) is 9.05. The number of ether oxygens (including phenoxy) is 1. The summed E-state index contributed by atoms with van der Waals surface area (Å²) in [6.07, 6.45) is -4.82. The second kappa shape index (κ2) is 11.0. The van der Waals surface area contributed by atoms with Gasteiger partial charge in [0.2, 0.25) is 0 Å². The van der Waals surface area contributed by atoms with Gasteiger partial charge in [0.15, 0.2) is 17.4 Å². The Balaban J connectivity index is 0.00000144. The Morgan fingerprint density at radius 1 is 1.09 bits per heavy atom. The maximum atomic E-state index is 14.4. The molecule has 0 saturated carbocycles. The van der Waals surface area contributed by atoms with Gasteiger partial charge in [0.1, 0.15) is 5.69 Å². The Morgan fingerprint density at radius 3 is 2.54 bits per heavy atom. The molecule has 0 spiro atoms. The molecule has 3 N–H and O–H groups in total. The van der Waals surface area contributed by atoms with Crippen LogP contribution in [0.25, 0.3) is 33.5 Å². The van der Waals surface area contributed by atoms with Crippen LogP contribution in [0.15, 0.2) is 30.3 Å². The van der Waals surface area contributed by atoms with Crippen molar-refractivity contribution >= 4 is 48.1 Å². The Labute approximate surface area is 216 Å². The first-order valence-corrected chi connectivity index (χ1v) is 10.0. The van der Waals surface area contributed by atoms with E-state index < -0.39 is 18.4 Å². The van der Waals surface area contributed by atoms with Crippen molar-refractivity contribution in [1.29, 1.82) is 0 Å². The third-order valence-electron chi connectivity index (χ3n) is 5.57. The number of fused-ring (bicyclic) bond motifs is 2. The average molecular weight is 555 g/mol. The minimum Gasteiger partial charge on any atom is -0.494 e. The number of hydrogen-bond acceptors (Lipinski definition) is 4. The zero-order valence-electron chi connectivity index (χ0n) is 18.3. The molecule has 0 unspecified atom stereocenters. The van der Waals surface area contributed by atoms with Gasteiger partial charge in [-0.2, -0.15) is 18.3 Å². The standard InChI is InChI=1S/C22H19F4N5O.3ClH/c1-32-19-7-12(9-22(24,25)26)14(8-15(19)23)11-2-3-13-17(6-11)30-31-20(13)21-28-16-4-5-27-10-18(16)29-21;;;/h2-3,6-8,27H,4-5,9-10H2,1H3,(H,28,29)(H,30,31);3*1H. The van der Waals surface area contributed by atoms with Gasteiger partial charge in [-0.25, -0.2) is 9.37 Å². The van der Waals surface area contributed by atoms with Crippen LogP contribution in [0.5, 0.6) is 5.75 Å². The maximum absolute atomic E-state index is 14.4. The predicted octanol–water partition coefficient (Wildman–Crippen LogP) is 5.78. The summed E-state index contributed by atoms with van der Waals surface area (Å²) in [7, 11) is 1.22. The van der Waals surface area contributed by atoms with Gasteiger partial charge in [-0.15, -0.1) is 37.2 Å². The molecule has 35 heavy (non-hydrogen) atoms. The van der Waals surface area contributed by atoms with Gasteiger partial charge in [0, 0.05) is 24.9 Å². The molecule has 0 radical (unpaired) electrons. The van der Waals surface area contributed by atoms with E-state index in [0.717, 1.165) is 41.9 Å². The number of aromatic nitrogens is 4. The number of halogens is 7. The number of imidazole rings is 1. The summed E-state index contributed by atoms with van der Waals surface area (Å²) in [6.45, 7) is 1.57. The molecular weight excluding hydrogens is 533 g/mol. The molecule has 3 heterocycles. The number of rotatable bonds is 4. The zero-order valence-corrected chi connectivity index (χ0v) is 20.7. The lowest BCUT2D eigenvalue weighted by Crippen LogP contribution is -2.23. The Hall–Kier alpha value is -2.53. The fourth-order valence-corrected chi connectivity index (χ4v) is 4.08. The number of nitrogens with one attached hydrogen (secondary N) is 3. The van der Waals surface area contributed by atoms with Gasteiger partial charge < -0.3 is 15.0 Å². The molecule has 0 amide bonds. The van der Waals surface area contributed by atoms with Crippen LogP contribution in [0.2, 0.25) is 0 Å². The topological polar surface area (TPSA) is 78.6 Å². The number of benzene rings is 2. The highest BCUT2D eigenvalue weighted by Gasteiger charge is 2.30. The van der Waals surface area contributed by atoms with Gasteiger partial charge in [-0.05, 0) is 41.0 Å². The quantitative estimate of drug-likeness (QED) is 0.279. The minimum absolute atomic E-state index is 0. The van der Waals surface area contributed by atoms with Gasteiger partial charge >= 0.3 is 6.18 Å². The summed E-state index contributed by atoms with van der Waals surface area (Å²) in [5.41, 5.74) is 3.77. The van der Waals surface area contributed by atoms with Gasteiger partial charge in [0.25, 0.3) is 0 Å². The predicted molar refractivity (Wildman–Crippen MR) is 133 cm³/mol. The van der Waals surface area contributed by atoms with E-state index in [1.54, 1.807) is 18.2 Å². The summed E-state index contributed by atoms with van der Waals surface area (Å²) < 4.78 is 58.7.